The molecule has 2 N–H and O–H groups in total. The van der Waals surface area contributed by atoms with Gasteiger partial charge in [0.05, 0.1) is 46.2 Å². The number of halogens is 1. The van der Waals surface area contributed by atoms with E-state index in [1.807, 2.05) is 25.1 Å². The third-order valence-electron chi connectivity index (χ3n) is 5.94. The molecule has 0 aliphatic carbocycles. The molecule has 0 aliphatic rings. The highest BCUT2D eigenvalue weighted by atomic mass is 35.5. The molecule has 11 heteroatoms. The van der Waals surface area contributed by atoms with Gasteiger partial charge in [-0.25, -0.2) is 0 Å². The minimum atomic E-state index is -0.639. The summed E-state index contributed by atoms with van der Waals surface area (Å²) < 4.78 is 16.9. The quantitative estimate of drug-likeness (QED) is 0.175. The number of nitrogens with one attached hydrogen (secondary N) is 2. The highest BCUT2D eigenvalue weighted by molar-refractivity contribution is 6.32. The number of anilines is 3. The molecule has 4 aromatic rings. The first-order chi connectivity index (χ1) is 20.6. The van der Waals surface area contributed by atoms with Crippen molar-refractivity contribution < 1.29 is 23.8 Å². The van der Waals surface area contributed by atoms with Crippen LogP contribution in [0.1, 0.15) is 51.8 Å². The number of carbonyl (C=O) groups excluding carboxylic acids is 2. The topological polar surface area (TPSA) is 135 Å². The number of benzene rings is 2. The molecule has 43 heavy (non-hydrogen) atoms. The fourth-order valence-corrected chi connectivity index (χ4v) is 4.34. The van der Waals surface area contributed by atoms with Crippen LogP contribution in [0.4, 0.5) is 17.1 Å². The Bertz CT molecular complexity index is 1670. The average Bonchev–Trinajstić information content (AvgIpc) is 2.96. The zero-order valence-corrected chi connectivity index (χ0v) is 25.1. The van der Waals surface area contributed by atoms with E-state index < -0.39 is 17.5 Å². The number of esters is 1. The monoisotopic (exact) mass is 601 g/mol. The Kier molecular flexibility index (Phi) is 10.0. The van der Waals surface area contributed by atoms with Crippen LogP contribution >= 0.6 is 11.6 Å². The standard InChI is InChI=1S/C32H32ClN5O5/c1-5-41-28-16-25-23(15-26(28)38-29(39)11-12-30(40)43-32(2,3)4)31(20(17-34)18-36-25)37-21-9-10-27(24(33)14-21)42-19-22-8-6-7-13-35-22/h6-10,13-16,18H,5,11-12,19H2,1-4H3,(H,36,37)(H,38,39). The Morgan fingerprint density at radius 2 is 1.84 bits per heavy atom. The minimum Gasteiger partial charge on any atom is -0.492 e. The number of rotatable bonds is 11. The predicted molar refractivity (Wildman–Crippen MR) is 165 cm³/mol. The smallest absolute Gasteiger partial charge is 0.306 e. The minimum absolute atomic E-state index is 0.0735. The molecule has 2 aromatic carbocycles. The van der Waals surface area contributed by atoms with Crippen molar-refractivity contribution in [1.82, 2.24) is 9.97 Å². The SMILES string of the molecule is CCOc1cc2ncc(C#N)c(Nc3ccc(OCc4ccccn4)c(Cl)c3)c2cc1NC(=O)CCC(=O)OC(C)(C)C. The maximum Gasteiger partial charge on any atom is 0.306 e. The highest BCUT2D eigenvalue weighted by Gasteiger charge is 2.19. The number of nitriles is 1. The van der Waals surface area contributed by atoms with Gasteiger partial charge in [-0.05, 0) is 64.1 Å². The molecule has 0 unspecified atom stereocenters. The molecule has 0 radical (unpaired) electrons. The number of carbonyl (C=O) groups is 2. The Balaban J connectivity index is 1.59. The van der Waals surface area contributed by atoms with Gasteiger partial charge in [0.1, 0.15) is 29.8 Å². The van der Waals surface area contributed by atoms with Crippen LogP contribution in [0.15, 0.2) is 60.9 Å². The summed E-state index contributed by atoms with van der Waals surface area (Å²) in [5.41, 5.74) is 2.40. The van der Waals surface area contributed by atoms with E-state index >= 15 is 0 Å². The summed E-state index contributed by atoms with van der Waals surface area (Å²) in [5.74, 6) is 0.0300. The summed E-state index contributed by atoms with van der Waals surface area (Å²) in [7, 11) is 0. The zero-order chi connectivity index (χ0) is 31.0. The summed E-state index contributed by atoms with van der Waals surface area (Å²) in [4.78, 5) is 33.6. The van der Waals surface area contributed by atoms with Gasteiger partial charge < -0.3 is 24.8 Å². The van der Waals surface area contributed by atoms with Crippen LogP contribution in [0.25, 0.3) is 10.9 Å². The lowest BCUT2D eigenvalue weighted by molar-refractivity contribution is -0.155. The Morgan fingerprint density at radius 3 is 2.51 bits per heavy atom. The molecule has 1 amide bonds. The summed E-state index contributed by atoms with van der Waals surface area (Å²) in [6, 6.07) is 16.3. The summed E-state index contributed by atoms with van der Waals surface area (Å²) in [6.45, 7) is 7.73. The van der Waals surface area contributed by atoms with Gasteiger partial charge in [-0.15, -0.1) is 0 Å². The maximum absolute atomic E-state index is 12.8. The Morgan fingerprint density at radius 1 is 1.02 bits per heavy atom. The van der Waals surface area contributed by atoms with Crippen molar-refractivity contribution in [3.8, 4) is 17.6 Å². The Hall–Kier alpha value is -4.88. The van der Waals surface area contributed by atoms with Crippen molar-refractivity contribution in [2.24, 2.45) is 0 Å². The van der Waals surface area contributed by atoms with Crippen molar-refractivity contribution >= 4 is 51.4 Å². The van der Waals surface area contributed by atoms with Gasteiger partial charge in [-0.2, -0.15) is 5.26 Å². The molecule has 2 aromatic heterocycles. The first kappa shape index (κ1) is 31.1. The van der Waals surface area contributed by atoms with E-state index in [1.54, 1.807) is 57.3 Å². The van der Waals surface area contributed by atoms with Crippen molar-refractivity contribution in [2.45, 2.75) is 52.7 Å². The maximum atomic E-state index is 12.8. The van der Waals surface area contributed by atoms with Gasteiger partial charge in [0, 0.05) is 36.0 Å². The van der Waals surface area contributed by atoms with Gasteiger partial charge in [0.2, 0.25) is 5.91 Å². The molecule has 0 aliphatic heterocycles. The first-order valence-electron chi connectivity index (χ1n) is 13.7. The fraction of sp³-hybridized carbons (Fsp3) is 0.281. The van der Waals surface area contributed by atoms with Crippen LogP contribution in [0, 0.1) is 11.3 Å². The first-order valence-corrected chi connectivity index (χ1v) is 14.0. The average molecular weight is 602 g/mol. The molecule has 0 bridgehead atoms. The lowest BCUT2D eigenvalue weighted by atomic mass is 10.1. The second-order valence-electron chi connectivity index (χ2n) is 10.5. The number of pyridine rings is 2. The van der Waals surface area contributed by atoms with Gasteiger partial charge in [0.25, 0.3) is 0 Å². The largest absolute Gasteiger partial charge is 0.492 e. The van der Waals surface area contributed by atoms with E-state index in [2.05, 4.69) is 26.7 Å². The number of nitrogens with zero attached hydrogens (tertiary/aromatic N) is 3. The highest BCUT2D eigenvalue weighted by Crippen LogP contribution is 2.37. The van der Waals surface area contributed by atoms with Gasteiger partial charge in [-0.1, -0.05) is 17.7 Å². The number of fused-ring (bicyclic) bond motifs is 1. The van der Waals surface area contributed by atoms with Crippen molar-refractivity contribution in [3.05, 3.63) is 77.2 Å². The van der Waals surface area contributed by atoms with Crippen molar-refractivity contribution in [2.75, 3.05) is 17.2 Å². The lowest BCUT2D eigenvalue weighted by Gasteiger charge is -2.19. The van der Waals surface area contributed by atoms with Gasteiger partial charge in [-0.3, -0.25) is 19.6 Å². The van der Waals surface area contributed by atoms with Crippen LogP contribution in [-0.4, -0.2) is 34.1 Å². The fourth-order valence-electron chi connectivity index (χ4n) is 4.11. The van der Waals surface area contributed by atoms with Crippen LogP contribution in [-0.2, 0) is 20.9 Å². The summed E-state index contributed by atoms with van der Waals surface area (Å²) in [5, 5.41) is 16.9. The lowest BCUT2D eigenvalue weighted by Crippen LogP contribution is -2.24. The summed E-state index contributed by atoms with van der Waals surface area (Å²) >= 11 is 6.52. The second-order valence-corrected chi connectivity index (χ2v) is 10.9. The molecular weight excluding hydrogens is 570 g/mol. The van der Waals surface area contributed by atoms with E-state index in [0.29, 0.717) is 51.1 Å². The number of hydrogen-bond donors (Lipinski definition) is 2. The molecular formula is C32H32ClN5O5. The zero-order valence-electron chi connectivity index (χ0n) is 24.4. The van der Waals surface area contributed by atoms with E-state index in [1.165, 1.54) is 6.20 Å². The van der Waals surface area contributed by atoms with Crippen LogP contribution in [0.3, 0.4) is 0 Å². The molecule has 0 atom stereocenters. The summed E-state index contributed by atoms with van der Waals surface area (Å²) in [6.07, 6.45) is 3.01. The molecule has 0 fully saturated rings. The molecule has 0 saturated heterocycles. The van der Waals surface area contributed by atoms with Crippen LogP contribution in [0.5, 0.6) is 11.5 Å². The van der Waals surface area contributed by atoms with Gasteiger partial charge in [0.15, 0.2) is 0 Å². The number of hydrogen-bond acceptors (Lipinski definition) is 9. The van der Waals surface area contributed by atoms with Crippen LogP contribution < -0.4 is 20.1 Å². The van der Waals surface area contributed by atoms with E-state index in [4.69, 9.17) is 25.8 Å². The molecule has 222 valence electrons. The molecule has 10 nitrogen and oxygen atoms in total. The predicted octanol–water partition coefficient (Wildman–Crippen LogP) is 6.94. The molecule has 0 spiro atoms. The number of aromatic nitrogens is 2. The van der Waals surface area contributed by atoms with E-state index in [-0.39, 0.29) is 25.0 Å². The second kappa shape index (κ2) is 13.9. The Labute approximate surface area is 255 Å². The third kappa shape index (κ3) is 8.56. The van der Waals surface area contributed by atoms with Gasteiger partial charge >= 0.3 is 5.97 Å². The van der Waals surface area contributed by atoms with E-state index in [9.17, 15) is 14.9 Å². The van der Waals surface area contributed by atoms with E-state index in [0.717, 1.165) is 5.69 Å². The normalized spacial score (nSPS) is 11.0. The molecule has 0 saturated carbocycles. The third-order valence-corrected chi connectivity index (χ3v) is 6.24. The number of ether oxygens (including phenoxy) is 3. The van der Waals surface area contributed by atoms with Crippen LogP contribution in [0.2, 0.25) is 5.02 Å². The van der Waals surface area contributed by atoms with Crippen molar-refractivity contribution in [3.63, 3.8) is 0 Å². The number of amides is 1. The van der Waals surface area contributed by atoms with Crippen molar-refractivity contribution in [1.29, 1.82) is 5.26 Å². The molecule has 4 rings (SSSR count). The molecule has 2 heterocycles.